The van der Waals surface area contributed by atoms with E-state index in [4.69, 9.17) is 4.74 Å². The third kappa shape index (κ3) is 2.47. The molecular formula is C16H18N2O2. The van der Waals surface area contributed by atoms with Crippen LogP contribution in [0.15, 0.2) is 30.3 Å². The standard InChI is InChI=1S/C16H18N2O2/c1-2-20-16(19)15-10-13-9-12(3-4-14(13)18-15)11-5-7-17-8-6-11/h3-5,9-10,17-18H,2,6-8H2,1H3. The van der Waals surface area contributed by atoms with Crippen LogP contribution in [-0.4, -0.2) is 30.6 Å². The van der Waals surface area contributed by atoms with Crippen LogP contribution < -0.4 is 5.32 Å². The van der Waals surface area contributed by atoms with Crippen molar-refractivity contribution in [3.63, 3.8) is 0 Å². The Hall–Kier alpha value is -2.07. The molecule has 0 fully saturated rings. The lowest BCUT2D eigenvalue weighted by atomic mass is 9.99. The highest BCUT2D eigenvalue weighted by Gasteiger charge is 2.12. The van der Waals surface area contributed by atoms with Crippen LogP contribution in [0.3, 0.4) is 0 Å². The number of aromatic nitrogens is 1. The number of hydrogen-bond acceptors (Lipinski definition) is 3. The van der Waals surface area contributed by atoms with Gasteiger partial charge >= 0.3 is 5.97 Å². The van der Waals surface area contributed by atoms with Gasteiger partial charge in [-0.3, -0.25) is 0 Å². The largest absolute Gasteiger partial charge is 0.461 e. The molecule has 0 unspecified atom stereocenters. The molecule has 0 amide bonds. The maximum atomic E-state index is 11.7. The van der Waals surface area contributed by atoms with Gasteiger partial charge in [-0.15, -0.1) is 0 Å². The molecular weight excluding hydrogens is 252 g/mol. The molecule has 2 heterocycles. The van der Waals surface area contributed by atoms with Crippen molar-refractivity contribution in [3.05, 3.63) is 41.6 Å². The lowest BCUT2D eigenvalue weighted by Gasteiger charge is -2.14. The number of H-pyrrole nitrogens is 1. The van der Waals surface area contributed by atoms with Crippen molar-refractivity contribution in [2.24, 2.45) is 0 Å². The number of rotatable bonds is 3. The van der Waals surface area contributed by atoms with Gasteiger partial charge in [0.05, 0.1) is 6.61 Å². The van der Waals surface area contributed by atoms with Crippen molar-refractivity contribution in [1.29, 1.82) is 0 Å². The summed E-state index contributed by atoms with van der Waals surface area (Å²) in [5, 5.41) is 4.36. The third-order valence-electron chi connectivity index (χ3n) is 3.55. The highest BCUT2D eigenvalue weighted by Crippen LogP contribution is 2.25. The Bertz CT molecular complexity index is 670. The Morgan fingerprint density at radius 2 is 2.25 bits per heavy atom. The summed E-state index contributed by atoms with van der Waals surface area (Å²) >= 11 is 0. The smallest absolute Gasteiger partial charge is 0.354 e. The molecule has 0 spiro atoms. The summed E-state index contributed by atoms with van der Waals surface area (Å²) in [4.78, 5) is 14.8. The van der Waals surface area contributed by atoms with Crippen LogP contribution in [0.5, 0.6) is 0 Å². The topological polar surface area (TPSA) is 54.1 Å². The maximum Gasteiger partial charge on any atom is 0.354 e. The van der Waals surface area contributed by atoms with Gasteiger partial charge in [0.1, 0.15) is 5.69 Å². The molecule has 2 aromatic rings. The summed E-state index contributed by atoms with van der Waals surface area (Å²) in [5.41, 5.74) is 4.07. The Morgan fingerprint density at radius 3 is 3.00 bits per heavy atom. The van der Waals surface area contributed by atoms with Gasteiger partial charge in [-0.25, -0.2) is 4.79 Å². The van der Waals surface area contributed by atoms with Crippen LogP contribution in [0, 0.1) is 0 Å². The summed E-state index contributed by atoms with van der Waals surface area (Å²) in [7, 11) is 0. The molecule has 4 nitrogen and oxygen atoms in total. The van der Waals surface area contributed by atoms with Gasteiger partial charge in [-0.2, -0.15) is 0 Å². The minimum absolute atomic E-state index is 0.300. The van der Waals surface area contributed by atoms with Crippen molar-refractivity contribution in [3.8, 4) is 0 Å². The van der Waals surface area contributed by atoms with Gasteiger partial charge < -0.3 is 15.0 Å². The molecule has 0 aliphatic carbocycles. The zero-order valence-electron chi connectivity index (χ0n) is 11.5. The third-order valence-corrected chi connectivity index (χ3v) is 3.55. The summed E-state index contributed by atoms with van der Waals surface area (Å²) in [6, 6.07) is 8.12. The molecule has 20 heavy (non-hydrogen) atoms. The lowest BCUT2D eigenvalue weighted by Crippen LogP contribution is -2.19. The van der Waals surface area contributed by atoms with E-state index in [2.05, 4.69) is 28.5 Å². The van der Waals surface area contributed by atoms with E-state index in [0.29, 0.717) is 12.3 Å². The first-order chi connectivity index (χ1) is 9.78. The normalized spacial score (nSPS) is 15.2. The lowest BCUT2D eigenvalue weighted by molar-refractivity contribution is 0.0520. The highest BCUT2D eigenvalue weighted by atomic mass is 16.5. The predicted molar refractivity (Wildman–Crippen MR) is 79.7 cm³/mol. The zero-order valence-corrected chi connectivity index (χ0v) is 11.5. The van der Waals surface area contributed by atoms with Crippen molar-refractivity contribution in [2.45, 2.75) is 13.3 Å². The van der Waals surface area contributed by atoms with Crippen LogP contribution in [0.2, 0.25) is 0 Å². The van der Waals surface area contributed by atoms with Gasteiger partial charge in [0.15, 0.2) is 0 Å². The minimum Gasteiger partial charge on any atom is -0.461 e. The van der Waals surface area contributed by atoms with E-state index in [-0.39, 0.29) is 5.97 Å². The average Bonchev–Trinajstić information content (AvgIpc) is 2.91. The number of ether oxygens (including phenoxy) is 1. The summed E-state index contributed by atoms with van der Waals surface area (Å²) in [6.07, 6.45) is 3.27. The zero-order chi connectivity index (χ0) is 13.9. The number of benzene rings is 1. The Kier molecular flexibility index (Phi) is 3.56. The maximum absolute atomic E-state index is 11.7. The molecule has 2 N–H and O–H groups in total. The Balaban J connectivity index is 1.95. The van der Waals surface area contributed by atoms with E-state index in [9.17, 15) is 4.79 Å². The fraction of sp³-hybridized carbons (Fsp3) is 0.312. The Labute approximate surface area is 117 Å². The quantitative estimate of drug-likeness (QED) is 0.843. The van der Waals surface area contributed by atoms with Gasteiger partial charge in [-0.1, -0.05) is 12.1 Å². The molecule has 0 saturated heterocycles. The van der Waals surface area contributed by atoms with Crippen molar-refractivity contribution in [2.75, 3.05) is 19.7 Å². The molecule has 1 aromatic heterocycles. The highest BCUT2D eigenvalue weighted by molar-refractivity contribution is 5.95. The molecule has 3 rings (SSSR count). The van der Waals surface area contributed by atoms with Crippen molar-refractivity contribution >= 4 is 22.4 Å². The molecule has 4 heteroatoms. The van der Waals surface area contributed by atoms with Crippen molar-refractivity contribution < 1.29 is 9.53 Å². The SMILES string of the molecule is CCOC(=O)c1cc2cc(C3=CCNCC3)ccc2[nH]1. The summed E-state index contributed by atoms with van der Waals surface area (Å²) in [5.74, 6) is -0.300. The molecule has 1 aliphatic rings. The molecule has 0 bridgehead atoms. The molecule has 104 valence electrons. The molecule has 0 saturated carbocycles. The number of aromatic amines is 1. The van der Waals surface area contributed by atoms with Gasteiger partial charge in [0.2, 0.25) is 0 Å². The van der Waals surface area contributed by atoms with Gasteiger partial charge in [0.25, 0.3) is 0 Å². The first-order valence-electron chi connectivity index (χ1n) is 6.98. The number of nitrogens with one attached hydrogen (secondary N) is 2. The predicted octanol–water partition coefficient (Wildman–Crippen LogP) is 2.72. The van der Waals surface area contributed by atoms with E-state index in [0.717, 1.165) is 30.4 Å². The van der Waals surface area contributed by atoms with E-state index >= 15 is 0 Å². The monoisotopic (exact) mass is 270 g/mol. The first-order valence-corrected chi connectivity index (χ1v) is 6.98. The van der Waals surface area contributed by atoms with Crippen molar-refractivity contribution in [1.82, 2.24) is 10.3 Å². The van der Waals surface area contributed by atoms with E-state index in [1.54, 1.807) is 0 Å². The molecule has 1 aromatic carbocycles. The summed E-state index contributed by atoms with van der Waals surface area (Å²) < 4.78 is 5.01. The number of carbonyl (C=O) groups excluding carboxylic acids is 1. The van der Waals surface area contributed by atoms with Crippen LogP contribution in [-0.2, 0) is 4.74 Å². The Morgan fingerprint density at radius 1 is 1.35 bits per heavy atom. The number of fused-ring (bicyclic) bond motifs is 1. The van der Waals surface area contributed by atoms with Gasteiger partial charge in [0, 0.05) is 17.4 Å². The second kappa shape index (κ2) is 5.51. The first kappa shape index (κ1) is 12.9. The van der Waals surface area contributed by atoms with Gasteiger partial charge in [-0.05, 0) is 49.2 Å². The molecule has 1 aliphatic heterocycles. The van der Waals surface area contributed by atoms with E-state index < -0.39 is 0 Å². The van der Waals surface area contributed by atoms with Crippen LogP contribution in [0.1, 0.15) is 29.4 Å². The second-order valence-corrected chi connectivity index (χ2v) is 4.89. The fourth-order valence-corrected chi connectivity index (χ4v) is 2.54. The molecule has 0 radical (unpaired) electrons. The van der Waals surface area contributed by atoms with Crippen LogP contribution >= 0.6 is 0 Å². The fourth-order valence-electron chi connectivity index (χ4n) is 2.54. The van der Waals surface area contributed by atoms with E-state index in [1.165, 1.54) is 11.1 Å². The average molecular weight is 270 g/mol. The van der Waals surface area contributed by atoms with E-state index in [1.807, 2.05) is 19.1 Å². The number of esters is 1. The number of carbonyl (C=O) groups is 1. The second-order valence-electron chi connectivity index (χ2n) is 4.89. The minimum atomic E-state index is -0.300. The molecule has 0 atom stereocenters. The summed E-state index contributed by atoms with van der Waals surface area (Å²) in [6.45, 7) is 4.14. The number of hydrogen-bond donors (Lipinski definition) is 2. The van der Waals surface area contributed by atoms with Crippen LogP contribution in [0.4, 0.5) is 0 Å². The van der Waals surface area contributed by atoms with Crippen LogP contribution in [0.25, 0.3) is 16.5 Å².